The molecule has 0 N–H and O–H groups in total. The molecule has 0 aromatic carbocycles. The Morgan fingerprint density at radius 3 is 2.06 bits per heavy atom. The van der Waals surface area contributed by atoms with Gasteiger partial charge in [-0.3, -0.25) is 15.1 Å². The van der Waals surface area contributed by atoms with Crippen LogP contribution in [0.15, 0.2) is 54.7 Å². The molecule has 5 nitrogen and oxygen atoms in total. The van der Waals surface area contributed by atoms with Gasteiger partial charge in [0.15, 0.2) is 0 Å². The summed E-state index contributed by atoms with van der Waals surface area (Å²) in [5.74, 6) is 0.120. The molecule has 12 heteroatoms. The number of aromatic nitrogens is 5. The van der Waals surface area contributed by atoms with Gasteiger partial charge >= 0.3 is 33.4 Å². The first-order valence-electron chi connectivity index (χ1n) is 9.81. The van der Waals surface area contributed by atoms with Gasteiger partial charge in [0, 0.05) is 16.8 Å². The van der Waals surface area contributed by atoms with E-state index in [1.165, 1.54) is 6.07 Å². The van der Waals surface area contributed by atoms with Crippen LogP contribution < -0.4 is 0 Å². The SMILES string of the molecule is CC(C)(c1cccc(-c2[c-]cnc(C(F)(F)F)c2)n1)c1cccc(-n2[c-]cc(C(F)(F)F)n2)n1.[Pt+2]. The summed E-state index contributed by atoms with van der Waals surface area (Å²) in [6.45, 7) is 3.58. The van der Waals surface area contributed by atoms with Gasteiger partial charge in [-0.05, 0) is 37.9 Å². The van der Waals surface area contributed by atoms with Crippen molar-refractivity contribution >= 4 is 0 Å². The maximum absolute atomic E-state index is 13.0. The molecule has 4 rings (SSSR count). The van der Waals surface area contributed by atoms with Crippen molar-refractivity contribution in [2.45, 2.75) is 31.6 Å². The minimum atomic E-state index is -4.61. The molecule has 184 valence electrons. The zero-order chi connectivity index (χ0) is 24.7. The van der Waals surface area contributed by atoms with Crippen LogP contribution in [0.4, 0.5) is 26.3 Å². The fraction of sp³-hybridized carbons (Fsp3) is 0.217. The summed E-state index contributed by atoms with van der Waals surface area (Å²) >= 11 is 0. The molecule has 4 heterocycles. The van der Waals surface area contributed by atoms with Crippen molar-refractivity contribution in [1.82, 2.24) is 24.7 Å². The Morgan fingerprint density at radius 2 is 1.43 bits per heavy atom. The Bertz CT molecular complexity index is 1330. The quantitative estimate of drug-likeness (QED) is 0.207. The molecule has 0 aliphatic rings. The second-order valence-electron chi connectivity index (χ2n) is 7.83. The normalized spacial score (nSPS) is 12.3. The van der Waals surface area contributed by atoms with Gasteiger partial charge in [0.25, 0.3) is 0 Å². The van der Waals surface area contributed by atoms with Crippen molar-refractivity contribution in [3.05, 3.63) is 89.8 Å². The standard InChI is InChI=1S/C23H15F6N5.Pt/c1-21(2,17-7-4-8-20(32-17)34-12-10-18(33-34)22(24,25)26)16-6-3-5-15(31-16)14-9-11-30-19(13-14)23(27,28)29;/h3-8,10-11,13H,1-2H3;/q-2;+2. The van der Waals surface area contributed by atoms with Crippen molar-refractivity contribution in [1.29, 1.82) is 0 Å². The van der Waals surface area contributed by atoms with Crippen molar-refractivity contribution in [2.24, 2.45) is 0 Å². The van der Waals surface area contributed by atoms with Gasteiger partial charge < -0.3 is 9.67 Å². The zero-order valence-corrected chi connectivity index (χ0v) is 20.3. The van der Waals surface area contributed by atoms with Gasteiger partial charge in [-0.1, -0.05) is 30.5 Å². The van der Waals surface area contributed by atoms with E-state index in [0.29, 0.717) is 11.4 Å². The Morgan fingerprint density at radius 1 is 0.800 bits per heavy atom. The summed E-state index contributed by atoms with van der Waals surface area (Å²) in [4.78, 5) is 12.2. The fourth-order valence-corrected chi connectivity index (χ4v) is 3.19. The number of halogens is 6. The van der Waals surface area contributed by atoms with E-state index >= 15 is 0 Å². The van der Waals surface area contributed by atoms with E-state index in [4.69, 9.17) is 0 Å². The van der Waals surface area contributed by atoms with Crippen LogP contribution >= 0.6 is 0 Å². The molecular weight excluding hydrogens is 655 g/mol. The van der Waals surface area contributed by atoms with Crippen LogP contribution in [-0.4, -0.2) is 24.7 Å². The summed E-state index contributed by atoms with van der Waals surface area (Å²) < 4.78 is 78.7. The Hall–Kier alpha value is -3.07. The summed E-state index contributed by atoms with van der Waals surface area (Å²) in [6.07, 6.45) is -5.88. The van der Waals surface area contributed by atoms with Gasteiger partial charge in [-0.15, -0.1) is 12.1 Å². The third kappa shape index (κ3) is 5.61. The number of hydrogen-bond donors (Lipinski definition) is 0. The van der Waals surface area contributed by atoms with Crippen molar-refractivity contribution in [3.8, 4) is 17.1 Å². The minimum absolute atomic E-state index is 0. The monoisotopic (exact) mass is 670 g/mol. The van der Waals surface area contributed by atoms with Gasteiger partial charge in [0.1, 0.15) is 0 Å². The first-order valence-corrected chi connectivity index (χ1v) is 9.81. The molecule has 4 aromatic rings. The van der Waals surface area contributed by atoms with E-state index in [0.717, 1.165) is 23.0 Å². The van der Waals surface area contributed by atoms with Gasteiger partial charge in [-0.2, -0.15) is 38.0 Å². The van der Waals surface area contributed by atoms with Gasteiger partial charge in [-0.25, -0.2) is 0 Å². The van der Waals surface area contributed by atoms with Crippen molar-refractivity contribution < 1.29 is 47.4 Å². The number of pyridine rings is 3. The topological polar surface area (TPSA) is 56.5 Å². The number of nitrogens with zero attached hydrogens (tertiary/aromatic N) is 5. The maximum atomic E-state index is 13.0. The van der Waals surface area contributed by atoms with E-state index in [-0.39, 0.29) is 38.1 Å². The van der Waals surface area contributed by atoms with Crippen molar-refractivity contribution in [2.75, 3.05) is 0 Å². The molecule has 0 fully saturated rings. The molecule has 0 saturated heterocycles. The molecule has 35 heavy (non-hydrogen) atoms. The van der Waals surface area contributed by atoms with Gasteiger partial charge in [0.2, 0.25) is 0 Å². The molecule has 4 aromatic heterocycles. The summed E-state index contributed by atoms with van der Waals surface area (Å²) in [5.41, 5.74) is -1.70. The van der Waals surface area contributed by atoms with Crippen LogP contribution in [0.25, 0.3) is 17.1 Å². The van der Waals surface area contributed by atoms with Crippen molar-refractivity contribution in [3.63, 3.8) is 0 Å². The fourth-order valence-electron chi connectivity index (χ4n) is 3.19. The third-order valence-electron chi connectivity index (χ3n) is 5.07. The number of alkyl halides is 6. The minimum Gasteiger partial charge on any atom is -0.343 e. The van der Waals surface area contributed by atoms with Crippen LogP contribution in [0.5, 0.6) is 0 Å². The van der Waals surface area contributed by atoms with Crippen LogP contribution in [0.2, 0.25) is 0 Å². The third-order valence-corrected chi connectivity index (χ3v) is 5.07. The molecule has 0 atom stereocenters. The van der Waals surface area contributed by atoms with E-state index < -0.39 is 29.2 Å². The first kappa shape index (κ1) is 26.5. The van der Waals surface area contributed by atoms with Crippen LogP contribution in [-0.2, 0) is 38.8 Å². The smallest absolute Gasteiger partial charge is 0.343 e. The summed E-state index contributed by atoms with van der Waals surface area (Å²) in [7, 11) is 0. The van der Waals surface area contributed by atoms with E-state index in [1.807, 2.05) is 0 Å². The molecule has 0 unspecified atom stereocenters. The Labute approximate surface area is 210 Å². The summed E-state index contributed by atoms with van der Waals surface area (Å²) in [6, 6.07) is 13.9. The van der Waals surface area contributed by atoms with Crippen LogP contribution in [0.1, 0.15) is 36.6 Å². The number of rotatable bonds is 4. The van der Waals surface area contributed by atoms with Crippen LogP contribution in [0.3, 0.4) is 0 Å². The molecular formula is C23H15F6N5Pt. The van der Waals surface area contributed by atoms with Crippen LogP contribution in [0, 0.1) is 12.3 Å². The average Bonchev–Trinajstić information content (AvgIpc) is 3.30. The van der Waals surface area contributed by atoms with E-state index in [2.05, 4.69) is 32.3 Å². The first-order chi connectivity index (χ1) is 15.9. The molecule has 0 amide bonds. The predicted molar refractivity (Wildman–Crippen MR) is 109 cm³/mol. The van der Waals surface area contributed by atoms with E-state index in [1.54, 1.807) is 44.2 Å². The Kier molecular flexibility index (Phi) is 7.22. The predicted octanol–water partition coefficient (Wildman–Crippen LogP) is 5.69. The largest absolute Gasteiger partial charge is 2.00 e. The molecule has 0 spiro atoms. The number of hydrogen-bond acceptors (Lipinski definition) is 4. The molecule has 0 aliphatic carbocycles. The molecule has 0 bridgehead atoms. The molecule has 0 radical (unpaired) electrons. The zero-order valence-electron chi connectivity index (χ0n) is 18.0. The second kappa shape index (κ2) is 9.53. The van der Waals surface area contributed by atoms with Gasteiger partial charge in [0.05, 0.1) is 17.2 Å². The molecule has 0 aliphatic heterocycles. The van der Waals surface area contributed by atoms with E-state index in [9.17, 15) is 26.3 Å². The second-order valence-corrected chi connectivity index (χ2v) is 7.83. The molecule has 0 saturated carbocycles. The maximum Gasteiger partial charge on any atom is 2.00 e. The summed E-state index contributed by atoms with van der Waals surface area (Å²) in [5, 5.41) is 3.49. The average molecular weight is 670 g/mol. The Balaban J connectivity index is 0.00000342.